The van der Waals surface area contributed by atoms with Gasteiger partial charge in [0.1, 0.15) is 0 Å². The Hall–Kier alpha value is -0.290. The molecule has 0 unspecified atom stereocenters. The largest absolute Gasteiger partial charge is 0.389 e. The van der Waals surface area contributed by atoms with Gasteiger partial charge in [-0.15, -0.1) is 0 Å². The molecule has 72 valence electrons. The van der Waals surface area contributed by atoms with Gasteiger partial charge in [0.25, 0.3) is 0 Å². The number of halogens is 3. The molecule has 0 spiro atoms. The van der Waals surface area contributed by atoms with Gasteiger partial charge in [0.15, 0.2) is 0 Å². The fourth-order valence-corrected chi connectivity index (χ4v) is 1.42. The van der Waals surface area contributed by atoms with E-state index in [0.29, 0.717) is 13.1 Å². The first kappa shape index (κ1) is 9.80. The normalized spacial score (nSPS) is 31.0. The van der Waals surface area contributed by atoms with Gasteiger partial charge in [-0.25, -0.2) is 0 Å². The summed E-state index contributed by atoms with van der Waals surface area (Å²) in [5.74, 6) is -0.00775. The summed E-state index contributed by atoms with van der Waals surface area (Å²) in [6.07, 6.45) is -4.60. The zero-order valence-electron chi connectivity index (χ0n) is 6.69. The third-order valence-electron chi connectivity index (χ3n) is 2.19. The molecule has 1 saturated heterocycles. The molecule has 0 aliphatic carbocycles. The predicted molar refractivity (Wildman–Crippen MR) is 39.6 cm³/mol. The van der Waals surface area contributed by atoms with Crippen molar-refractivity contribution in [1.82, 2.24) is 5.32 Å². The summed E-state index contributed by atoms with van der Waals surface area (Å²) in [5, 5.41) is 2.97. The van der Waals surface area contributed by atoms with Crippen LogP contribution in [0.2, 0.25) is 0 Å². The van der Waals surface area contributed by atoms with Crippen molar-refractivity contribution < 1.29 is 13.2 Å². The van der Waals surface area contributed by atoms with Crippen molar-refractivity contribution >= 4 is 0 Å². The molecule has 0 amide bonds. The van der Waals surface area contributed by atoms with E-state index in [-0.39, 0.29) is 18.4 Å². The van der Waals surface area contributed by atoms with Crippen LogP contribution in [-0.4, -0.2) is 25.3 Å². The first-order valence-electron chi connectivity index (χ1n) is 4.02. The maximum atomic E-state index is 11.8. The first-order chi connectivity index (χ1) is 5.49. The molecule has 3 N–H and O–H groups in total. The standard InChI is InChI=1S/C7H13F3N2/c8-7(9,10)2-1-5-3-12-4-6(5)11/h5-6,12H,1-4,11H2/t5-,6+/m1/s1. The molecule has 0 aromatic heterocycles. The summed E-state index contributed by atoms with van der Waals surface area (Å²) in [5.41, 5.74) is 5.58. The zero-order valence-corrected chi connectivity index (χ0v) is 6.69. The minimum atomic E-state index is -4.04. The van der Waals surface area contributed by atoms with Gasteiger partial charge in [-0.3, -0.25) is 0 Å². The van der Waals surface area contributed by atoms with Crippen LogP contribution in [0, 0.1) is 5.92 Å². The molecule has 1 heterocycles. The molecule has 2 nitrogen and oxygen atoms in total. The Morgan fingerprint density at radius 3 is 2.42 bits per heavy atom. The number of nitrogens with one attached hydrogen (secondary N) is 1. The Morgan fingerprint density at radius 2 is 2.00 bits per heavy atom. The molecule has 1 aliphatic rings. The number of alkyl halides is 3. The van der Waals surface area contributed by atoms with Crippen LogP contribution < -0.4 is 11.1 Å². The average Bonchev–Trinajstić information content (AvgIpc) is 2.29. The highest BCUT2D eigenvalue weighted by atomic mass is 19.4. The summed E-state index contributed by atoms with van der Waals surface area (Å²) in [4.78, 5) is 0. The monoisotopic (exact) mass is 182 g/mol. The molecular weight excluding hydrogens is 169 g/mol. The van der Waals surface area contributed by atoms with Crippen molar-refractivity contribution in [3.05, 3.63) is 0 Å². The highest BCUT2D eigenvalue weighted by Gasteiger charge is 2.31. The smallest absolute Gasteiger partial charge is 0.326 e. The molecule has 1 fully saturated rings. The van der Waals surface area contributed by atoms with Crippen LogP contribution in [0.5, 0.6) is 0 Å². The van der Waals surface area contributed by atoms with Crippen molar-refractivity contribution in [3.63, 3.8) is 0 Å². The minimum absolute atomic E-state index is 0.00775. The van der Waals surface area contributed by atoms with E-state index in [1.165, 1.54) is 0 Å². The van der Waals surface area contributed by atoms with Crippen LogP contribution in [0.15, 0.2) is 0 Å². The SMILES string of the molecule is N[C@H]1CNC[C@H]1CCC(F)(F)F. The fourth-order valence-electron chi connectivity index (χ4n) is 1.42. The maximum Gasteiger partial charge on any atom is 0.389 e. The molecule has 0 aromatic rings. The third kappa shape index (κ3) is 2.98. The summed E-state index contributed by atoms with van der Waals surface area (Å²) < 4.78 is 35.3. The summed E-state index contributed by atoms with van der Waals surface area (Å²) >= 11 is 0. The van der Waals surface area contributed by atoms with Gasteiger partial charge < -0.3 is 11.1 Å². The first-order valence-corrected chi connectivity index (χ1v) is 4.02. The second-order valence-electron chi connectivity index (χ2n) is 3.24. The lowest BCUT2D eigenvalue weighted by molar-refractivity contribution is -0.137. The van der Waals surface area contributed by atoms with Crippen molar-refractivity contribution in [3.8, 4) is 0 Å². The van der Waals surface area contributed by atoms with Gasteiger partial charge in [0.2, 0.25) is 0 Å². The number of nitrogens with two attached hydrogens (primary N) is 1. The van der Waals surface area contributed by atoms with Crippen LogP contribution in [0.3, 0.4) is 0 Å². The van der Waals surface area contributed by atoms with E-state index in [9.17, 15) is 13.2 Å². The van der Waals surface area contributed by atoms with E-state index in [2.05, 4.69) is 5.32 Å². The van der Waals surface area contributed by atoms with Gasteiger partial charge in [-0.1, -0.05) is 0 Å². The Kier molecular flexibility index (Phi) is 2.95. The molecule has 0 radical (unpaired) electrons. The van der Waals surface area contributed by atoms with E-state index in [4.69, 9.17) is 5.73 Å². The Labute approximate surface area is 69.3 Å². The quantitative estimate of drug-likeness (QED) is 0.665. The number of hydrogen-bond acceptors (Lipinski definition) is 2. The summed E-state index contributed by atoms with van der Waals surface area (Å²) in [6, 6.07) is -0.104. The fraction of sp³-hybridized carbons (Fsp3) is 1.00. The van der Waals surface area contributed by atoms with Crippen molar-refractivity contribution in [1.29, 1.82) is 0 Å². The second kappa shape index (κ2) is 3.62. The molecule has 0 saturated carbocycles. The van der Waals surface area contributed by atoms with Gasteiger partial charge >= 0.3 is 6.18 Å². The average molecular weight is 182 g/mol. The Morgan fingerprint density at radius 1 is 1.33 bits per heavy atom. The molecule has 1 rings (SSSR count). The minimum Gasteiger partial charge on any atom is -0.326 e. The van der Waals surface area contributed by atoms with Gasteiger partial charge in [-0.2, -0.15) is 13.2 Å². The molecular formula is C7H13F3N2. The van der Waals surface area contributed by atoms with Crippen LogP contribution in [0.1, 0.15) is 12.8 Å². The van der Waals surface area contributed by atoms with Crippen molar-refractivity contribution in [2.45, 2.75) is 25.1 Å². The number of rotatable bonds is 2. The topological polar surface area (TPSA) is 38.0 Å². The zero-order chi connectivity index (χ0) is 9.19. The lowest BCUT2D eigenvalue weighted by atomic mass is 9.99. The summed E-state index contributed by atoms with van der Waals surface area (Å²) in [7, 11) is 0. The highest BCUT2D eigenvalue weighted by Crippen LogP contribution is 2.25. The molecule has 2 atom stereocenters. The lowest BCUT2D eigenvalue weighted by Crippen LogP contribution is -2.29. The lowest BCUT2D eigenvalue weighted by Gasteiger charge is -2.14. The van der Waals surface area contributed by atoms with Crippen molar-refractivity contribution in [2.24, 2.45) is 11.7 Å². The molecule has 0 aromatic carbocycles. The molecule has 1 aliphatic heterocycles. The van der Waals surface area contributed by atoms with Gasteiger partial charge in [0.05, 0.1) is 0 Å². The van der Waals surface area contributed by atoms with Crippen LogP contribution in [0.25, 0.3) is 0 Å². The molecule has 5 heteroatoms. The van der Waals surface area contributed by atoms with Gasteiger partial charge in [0, 0.05) is 19.0 Å². The maximum absolute atomic E-state index is 11.8. The molecule has 0 bridgehead atoms. The van der Waals surface area contributed by atoms with Crippen molar-refractivity contribution in [2.75, 3.05) is 13.1 Å². The van der Waals surface area contributed by atoms with Gasteiger partial charge in [-0.05, 0) is 18.9 Å². The Bertz CT molecular complexity index is 146. The van der Waals surface area contributed by atoms with E-state index in [1.807, 2.05) is 0 Å². The van der Waals surface area contributed by atoms with Crippen LogP contribution in [-0.2, 0) is 0 Å². The van der Waals surface area contributed by atoms with E-state index in [0.717, 1.165) is 0 Å². The van der Waals surface area contributed by atoms with E-state index < -0.39 is 12.6 Å². The van der Waals surface area contributed by atoms with Crippen LogP contribution >= 0.6 is 0 Å². The van der Waals surface area contributed by atoms with E-state index in [1.54, 1.807) is 0 Å². The van der Waals surface area contributed by atoms with Crippen LogP contribution in [0.4, 0.5) is 13.2 Å². The number of hydrogen-bond donors (Lipinski definition) is 2. The third-order valence-corrected chi connectivity index (χ3v) is 2.19. The molecule has 12 heavy (non-hydrogen) atoms. The summed E-state index contributed by atoms with van der Waals surface area (Å²) in [6.45, 7) is 1.26. The second-order valence-corrected chi connectivity index (χ2v) is 3.24. The highest BCUT2D eigenvalue weighted by molar-refractivity contribution is 4.84. The Balaban J connectivity index is 2.23. The predicted octanol–water partition coefficient (Wildman–Crippen LogP) is 0.876. The van der Waals surface area contributed by atoms with E-state index >= 15 is 0 Å².